The number of aromatic nitrogens is 1. The van der Waals surface area contributed by atoms with E-state index >= 15 is 0 Å². The highest BCUT2D eigenvalue weighted by molar-refractivity contribution is 5.78. The van der Waals surface area contributed by atoms with Crippen LogP contribution in [0.1, 0.15) is 51.0 Å². The van der Waals surface area contributed by atoms with Gasteiger partial charge in [-0.05, 0) is 50.8 Å². The zero-order chi connectivity index (χ0) is 19.9. The number of aliphatic imine (C=N–C) groups is 1. The maximum absolute atomic E-state index is 5.88. The van der Waals surface area contributed by atoms with E-state index in [-0.39, 0.29) is 6.10 Å². The van der Waals surface area contributed by atoms with Crippen molar-refractivity contribution >= 4 is 17.7 Å². The van der Waals surface area contributed by atoms with Gasteiger partial charge in [0.05, 0.1) is 6.10 Å². The predicted octanol–water partition coefficient (Wildman–Crippen LogP) is 3.47. The van der Waals surface area contributed by atoms with Crippen molar-refractivity contribution in [3.8, 4) is 0 Å². The van der Waals surface area contributed by atoms with Crippen LogP contribution in [0.3, 0.4) is 0 Å². The SMILES string of the molecule is COC1CN(c2ncc(C)cc2N=C/C=C(/C)N)CCC1NC1CCCCC1. The first-order valence-corrected chi connectivity index (χ1v) is 10.5. The van der Waals surface area contributed by atoms with E-state index in [0.29, 0.717) is 12.1 Å². The van der Waals surface area contributed by atoms with Gasteiger partial charge in [0, 0.05) is 50.4 Å². The van der Waals surface area contributed by atoms with Crippen molar-refractivity contribution in [1.82, 2.24) is 10.3 Å². The van der Waals surface area contributed by atoms with E-state index in [0.717, 1.165) is 42.3 Å². The molecule has 28 heavy (non-hydrogen) atoms. The summed E-state index contributed by atoms with van der Waals surface area (Å²) in [6.45, 7) is 5.67. The summed E-state index contributed by atoms with van der Waals surface area (Å²) in [5.74, 6) is 0.920. The standard InChI is InChI=1S/C22H35N5O/c1-16-13-20(24-11-9-17(2)23)22(25-14-16)27-12-10-19(21(15-27)28-3)26-18-7-5-4-6-8-18/h9,11,13-14,18-19,21,26H,4-8,10,12,15,23H2,1-3H3/b17-9-,24-11?. The minimum absolute atomic E-state index is 0.154. The third-order valence-electron chi connectivity index (χ3n) is 5.75. The van der Waals surface area contributed by atoms with Crippen molar-refractivity contribution in [3.63, 3.8) is 0 Å². The average molecular weight is 386 g/mol. The normalized spacial score (nSPS) is 24.8. The first kappa shape index (κ1) is 20.8. The lowest BCUT2D eigenvalue weighted by Gasteiger charge is -2.41. The Kier molecular flexibility index (Phi) is 7.45. The molecule has 0 bridgehead atoms. The van der Waals surface area contributed by atoms with Crippen molar-refractivity contribution in [2.75, 3.05) is 25.1 Å². The zero-order valence-electron chi connectivity index (χ0n) is 17.5. The molecule has 6 nitrogen and oxygen atoms in total. The summed E-state index contributed by atoms with van der Waals surface area (Å²) in [6.07, 6.45) is 13.3. The van der Waals surface area contributed by atoms with Crippen molar-refractivity contribution in [2.24, 2.45) is 10.7 Å². The minimum Gasteiger partial charge on any atom is -0.402 e. The molecule has 1 aromatic heterocycles. The molecule has 0 aromatic carbocycles. The molecule has 2 aliphatic rings. The van der Waals surface area contributed by atoms with Crippen LogP contribution in [0, 0.1) is 6.92 Å². The smallest absolute Gasteiger partial charge is 0.154 e. The molecule has 3 N–H and O–H groups in total. The molecule has 0 radical (unpaired) electrons. The number of hydrogen-bond donors (Lipinski definition) is 2. The predicted molar refractivity (Wildman–Crippen MR) is 116 cm³/mol. The van der Waals surface area contributed by atoms with Gasteiger partial charge in [-0.2, -0.15) is 0 Å². The maximum Gasteiger partial charge on any atom is 0.154 e. The fraction of sp³-hybridized carbons (Fsp3) is 0.636. The van der Waals surface area contributed by atoms with Crippen LogP contribution >= 0.6 is 0 Å². The highest BCUT2D eigenvalue weighted by Gasteiger charge is 2.32. The van der Waals surface area contributed by atoms with Gasteiger partial charge < -0.3 is 20.7 Å². The Morgan fingerprint density at radius 3 is 2.82 bits per heavy atom. The number of piperidine rings is 1. The topological polar surface area (TPSA) is 75.8 Å². The lowest BCUT2D eigenvalue weighted by molar-refractivity contribution is 0.0534. The van der Waals surface area contributed by atoms with Crippen LogP contribution < -0.4 is 16.0 Å². The second kappa shape index (κ2) is 10.0. The quantitative estimate of drug-likeness (QED) is 0.734. The van der Waals surface area contributed by atoms with Gasteiger partial charge in [0.25, 0.3) is 0 Å². The van der Waals surface area contributed by atoms with Gasteiger partial charge in [-0.25, -0.2) is 4.98 Å². The fourth-order valence-corrected chi connectivity index (χ4v) is 4.23. The number of allylic oxidation sites excluding steroid dienone is 2. The molecule has 2 fully saturated rings. The number of methoxy groups -OCH3 is 1. The summed E-state index contributed by atoms with van der Waals surface area (Å²) in [6, 6.07) is 3.13. The fourth-order valence-electron chi connectivity index (χ4n) is 4.23. The Morgan fingerprint density at radius 2 is 2.11 bits per heavy atom. The molecule has 0 spiro atoms. The second-order valence-electron chi connectivity index (χ2n) is 8.16. The number of aryl methyl sites for hydroxylation is 1. The molecular formula is C22H35N5O. The second-order valence-corrected chi connectivity index (χ2v) is 8.16. The molecule has 1 aliphatic carbocycles. The molecular weight excluding hydrogens is 350 g/mol. The number of ether oxygens (including phenoxy) is 1. The van der Waals surface area contributed by atoms with Crippen molar-refractivity contribution in [1.29, 1.82) is 0 Å². The van der Waals surface area contributed by atoms with Gasteiger partial charge >= 0.3 is 0 Å². The first-order valence-electron chi connectivity index (χ1n) is 10.5. The third kappa shape index (κ3) is 5.55. The number of rotatable bonds is 6. The highest BCUT2D eigenvalue weighted by atomic mass is 16.5. The van der Waals surface area contributed by atoms with Gasteiger partial charge in [0.1, 0.15) is 5.69 Å². The number of pyridine rings is 1. The molecule has 6 heteroatoms. The summed E-state index contributed by atoms with van der Waals surface area (Å²) < 4.78 is 5.88. The molecule has 1 aliphatic heterocycles. The Balaban J connectivity index is 1.71. The van der Waals surface area contributed by atoms with E-state index in [1.807, 2.05) is 33.2 Å². The number of nitrogens with zero attached hydrogens (tertiary/aromatic N) is 3. The van der Waals surface area contributed by atoms with Crippen molar-refractivity contribution < 1.29 is 4.74 Å². The molecule has 2 atom stereocenters. The van der Waals surface area contributed by atoms with Gasteiger partial charge in [-0.15, -0.1) is 0 Å². The molecule has 1 aromatic rings. The van der Waals surface area contributed by atoms with E-state index in [9.17, 15) is 0 Å². The van der Waals surface area contributed by atoms with E-state index in [1.165, 1.54) is 32.1 Å². The van der Waals surface area contributed by atoms with E-state index in [1.54, 1.807) is 6.21 Å². The van der Waals surface area contributed by atoms with Gasteiger partial charge in [0.15, 0.2) is 5.82 Å². The lowest BCUT2D eigenvalue weighted by Crippen LogP contribution is -2.56. The molecule has 2 unspecified atom stereocenters. The van der Waals surface area contributed by atoms with E-state index < -0.39 is 0 Å². The van der Waals surface area contributed by atoms with Crippen LogP contribution in [-0.2, 0) is 4.74 Å². The van der Waals surface area contributed by atoms with Crippen LogP contribution in [0.15, 0.2) is 29.0 Å². The molecule has 154 valence electrons. The Labute approximate surface area is 169 Å². The largest absolute Gasteiger partial charge is 0.402 e. The van der Waals surface area contributed by atoms with Crippen LogP contribution in [0.4, 0.5) is 11.5 Å². The Bertz CT molecular complexity index is 692. The Hall–Kier alpha value is -1.92. The molecule has 0 amide bonds. The molecule has 1 saturated carbocycles. The van der Waals surface area contributed by atoms with Crippen molar-refractivity contribution in [3.05, 3.63) is 29.6 Å². The minimum atomic E-state index is 0.154. The number of hydrogen-bond acceptors (Lipinski definition) is 6. The van der Waals surface area contributed by atoms with Crippen LogP contribution in [0.2, 0.25) is 0 Å². The number of nitrogens with two attached hydrogens (primary N) is 1. The molecule has 1 saturated heterocycles. The van der Waals surface area contributed by atoms with Gasteiger partial charge in [-0.1, -0.05) is 19.3 Å². The number of nitrogens with one attached hydrogen (secondary N) is 1. The van der Waals surface area contributed by atoms with Crippen molar-refractivity contribution in [2.45, 2.75) is 70.6 Å². The monoisotopic (exact) mass is 385 g/mol. The zero-order valence-corrected chi connectivity index (χ0v) is 17.5. The highest BCUT2D eigenvalue weighted by Crippen LogP contribution is 2.30. The summed E-state index contributed by atoms with van der Waals surface area (Å²) in [5, 5.41) is 3.88. The Morgan fingerprint density at radius 1 is 1.32 bits per heavy atom. The maximum atomic E-state index is 5.88. The summed E-state index contributed by atoms with van der Waals surface area (Å²) >= 11 is 0. The van der Waals surface area contributed by atoms with E-state index in [2.05, 4.69) is 21.3 Å². The van der Waals surface area contributed by atoms with Crippen LogP contribution in [0.5, 0.6) is 0 Å². The summed E-state index contributed by atoms with van der Waals surface area (Å²) in [5.41, 5.74) is 8.43. The lowest BCUT2D eigenvalue weighted by atomic mass is 9.92. The van der Waals surface area contributed by atoms with Gasteiger partial charge in [0.2, 0.25) is 0 Å². The molecule has 3 rings (SSSR count). The number of anilines is 1. The van der Waals surface area contributed by atoms with E-state index in [4.69, 9.17) is 15.5 Å². The average Bonchev–Trinajstić information content (AvgIpc) is 2.69. The molecule has 2 heterocycles. The van der Waals surface area contributed by atoms with Crippen LogP contribution in [0.25, 0.3) is 0 Å². The summed E-state index contributed by atoms with van der Waals surface area (Å²) in [7, 11) is 1.82. The first-order chi connectivity index (χ1) is 13.6. The third-order valence-corrected chi connectivity index (χ3v) is 5.75. The van der Waals surface area contributed by atoms with Gasteiger partial charge in [-0.3, -0.25) is 4.99 Å². The summed E-state index contributed by atoms with van der Waals surface area (Å²) in [4.78, 5) is 11.6. The van der Waals surface area contributed by atoms with Crippen LogP contribution in [-0.4, -0.2) is 49.6 Å².